The van der Waals surface area contributed by atoms with Gasteiger partial charge in [0.25, 0.3) is 5.91 Å². The number of nitrogens with zero attached hydrogens (tertiary/aromatic N) is 1. The topological polar surface area (TPSA) is 60.5 Å². The third-order valence-corrected chi connectivity index (χ3v) is 3.72. The average Bonchev–Trinajstić information content (AvgIpc) is 2.56. The van der Waals surface area contributed by atoms with Crippen LogP contribution in [0.3, 0.4) is 0 Å². The fraction of sp³-hybridized carbons (Fsp3) is 0.333. The zero-order valence-electron chi connectivity index (χ0n) is 14.1. The molecule has 0 radical (unpaired) electrons. The summed E-state index contributed by atoms with van der Waals surface area (Å²) in [6.07, 6.45) is 0.658. The van der Waals surface area contributed by atoms with Gasteiger partial charge < -0.3 is 14.8 Å². The van der Waals surface area contributed by atoms with Crippen molar-refractivity contribution in [2.24, 2.45) is 0 Å². The molecule has 0 saturated carbocycles. The van der Waals surface area contributed by atoms with Crippen LogP contribution in [0.5, 0.6) is 11.5 Å². The van der Waals surface area contributed by atoms with Gasteiger partial charge in [-0.15, -0.1) is 0 Å². The van der Waals surface area contributed by atoms with Crippen LogP contribution in [-0.2, 0) is 6.42 Å². The molecule has 0 atom stereocenters. The van der Waals surface area contributed by atoms with Crippen molar-refractivity contribution in [1.82, 2.24) is 10.3 Å². The number of pyridine rings is 1. The zero-order chi connectivity index (χ0) is 18.2. The Hall–Kier alpha value is -1.98. The average molecular weight is 383 g/mol. The number of rotatable bonds is 8. The van der Waals surface area contributed by atoms with Crippen molar-refractivity contribution >= 4 is 29.1 Å². The fourth-order valence-corrected chi connectivity index (χ4v) is 2.73. The first-order chi connectivity index (χ1) is 12.0. The van der Waals surface area contributed by atoms with Gasteiger partial charge in [-0.25, -0.2) is 4.98 Å². The quantitative estimate of drug-likeness (QED) is 0.696. The summed E-state index contributed by atoms with van der Waals surface area (Å²) in [5, 5.41) is 3.21. The van der Waals surface area contributed by atoms with Crippen LogP contribution in [0.2, 0.25) is 10.3 Å². The molecule has 0 aliphatic rings. The molecule has 0 aliphatic carbocycles. The van der Waals surface area contributed by atoms with Gasteiger partial charge in [-0.05, 0) is 50.1 Å². The Morgan fingerprint density at radius 3 is 2.32 bits per heavy atom. The molecule has 1 N–H and O–H groups in total. The Balaban J connectivity index is 1.96. The monoisotopic (exact) mass is 382 g/mol. The van der Waals surface area contributed by atoms with Gasteiger partial charge in [0.15, 0.2) is 11.5 Å². The molecule has 0 spiro atoms. The van der Waals surface area contributed by atoms with E-state index in [2.05, 4.69) is 10.3 Å². The molecule has 1 aromatic heterocycles. The number of aromatic nitrogens is 1. The van der Waals surface area contributed by atoms with Crippen molar-refractivity contribution in [2.45, 2.75) is 20.3 Å². The Labute approximate surface area is 157 Å². The van der Waals surface area contributed by atoms with Gasteiger partial charge in [-0.1, -0.05) is 29.3 Å². The molecule has 25 heavy (non-hydrogen) atoms. The van der Waals surface area contributed by atoms with E-state index in [1.165, 1.54) is 12.1 Å². The van der Waals surface area contributed by atoms with Gasteiger partial charge in [0.05, 0.1) is 13.2 Å². The third kappa shape index (κ3) is 5.80. The fourth-order valence-electron chi connectivity index (χ4n) is 2.27. The highest BCUT2D eigenvalue weighted by atomic mass is 35.5. The number of carbonyl (C=O) groups is 1. The molecule has 7 heteroatoms. The van der Waals surface area contributed by atoms with E-state index in [9.17, 15) is 4.79 Å². The number of hydrogen-bond acceptors (Lipinski definition) is 4. The minimum absolute atomic E-state index is 0.186. The van der Waals surface area contributed by atoms with Crippen molar-refractivity contribution < 1.29 is 14.3 Å². The molecule has 0 bridgehead atoms. The first kappa shape index (κ1) is 19.3. The second kappa shape index (κ2) is 9.49. The molecule has 1 heterocycles. The van der Waals surface area contributed by atoms with Crippen LogP contribution in [0.4, 0.5) is 0 Å². The SMILES string of the molecule is CCOc1ccc(CCNC(=O)c2cc(Cl)nc(Cl)c2)cc1OCC. The number of halogens is 2. The lowest BCUT2D eigenvalue weighted by molar-refractivity contribution is 0.0954. The summed E-state index contributed by atoms with van der Waals surface area (Å²) in [4.78, 5) is 16.0. The summed E-state index contributed by atoms with van der Waals surface area (Å²) >= 11 is 11.6. The lowest BCUT2D eigenvalue weighted by atomic mass is 10.1. The summed E-state index contributed by atoms with van der Waals surface area (Å²) in [6, 6.07) is 8.73. The maximum atomic E-state index is 12.1. The van der Waals surface area contributed by atoms with E-state index in [0.717, 1.165) is 11.3 Å². The number of hydrogen-bond donors (Lipinski definition) is 1. The maximum absolute atomic E-state index is 12.1. The van der Waals surface area contributed by atoms with E-state index in [1.807, 2.05) is 32.0 Å². The van der Waals surface area contributed by atoms with E-state index in [0.29, 0.717) is 37.5 Å². The number of benzene rings is 1. The van der Waals surface area contributed by atoms with E-state index in [1.54, 1.807) is 0 Å². The normalized spacial score (nSPS) is 10.4. The number of carbonyl (C=O) groups excluding carboxylic acids is 1. The second-order valence-corrected chi connectivity index (χ2v) is 5.93. The van der Waals surface area contributed by atoms with E-state index in [-0.39, 0.29) is 16.2 Å². The van der Waals surface area contributed by atoms with Gasteiger partial charge in [0.2, 0.25) is 0 Å². The molecular weight excluding hydrogens is 363 g/mol. The highest BCUT2D eigenvalue weighted by molar-refractivity contribution is 6.33. The van der Waals surface area contributed by atoms with Crippen molar-refractivity contribution in [1.29, 1.82) is 0 Å². The predicted molar refractivity (Wildman–Crippen MR) is 99.1 cm³/mol. The van der Waals surface area contributed by atoms with Crippen molar-refractivity contribution in [3.05, 3.63) is 51.8 Å². The molecule has 0 saturated heterocycles. The summed E-state index contributed by atoms with van der Waals surface area (Å²) in [7, 11) is 0. The van der Waals surface area contributed by atoms with Crippen molar-refractivity contribution in [2.75, 3.05) is 19.8 Å². The smallest absolute Gasteiger partial charge is 0.251 e. The first-order valence-corrected chi connectivity index (χ1v) is 8.78. The highest BCUT2D eigenvalue weighted by Crippen LogP contribution is 2.28. The molecule has 5 nitrogen and oxygen atoms in total. The lowest BCUT2D eigenvalue weighted by Gasteiger charge is -2.12. The van der Waals surface area contributed by atoms with E-state index in [4.69, 9.17) is 32.7 Å². The van der Waals surface area contributed by atoms with Gasteiger partial charge in [0, 0.05) is 12.1 Å². The lowest BCUT2D eigenvalue weighted by Crippen LogP contribution is -2.25. The molecule has 1 aromatic carbocycles. The highest BCUT2D eigenvalue weighted by Gasteiger charge is 2.09. The van der Waals surface area contributed by atoms with E-state index >= 15 is 0 Å². The Morgan fingerprint density at radius 1 is 1.04 bits per heavy atom. The zero-order valence-corrected chi connectivity index (χ0v) is 15.7. The standard InChI is InChI=1S/C18H20Cl2N2O3/c1-3-24-14-6-5-12(9-15(14)25-4-2)7-8-21-18(23)13-10-16(19)22-17(20)11-13/h5-6,9-11H,3-4,7-8H2,1-2H3,(H,21,23). The molecule has 0 aliphatic heterocycles. The van der Waals surface area contributed by atoms with Gasteiger partial charge in [-0.2, -0.15) is 0 Å². The number of nitrogens with one attached hydrogen (secondary N) is 1. The Bertz CT molecular complexity index is 718. The Morgan fingerprint density at radius 2 is 1.68 bits per heavy atom. The van der Waals surface area contributed by atoms with Gasteiger partial charge >= 0.3 is 0 Å². The minimum Gasteiger partial charge on any atom is -0.490 e. The second-order valence-electron chi connectivity index (χ2n) is 5.15. The number of ether oxygens (including phenoxy) is 2. The molecule has 0 fully saturated rings. The van der Waals surface area contributed by atoms with Gasteiger partial charge in [0.1, 0.15) is 10.3 Å². The van der Waals surface area contributed by atoms with Crippen LogP contribution < -0.4 is 14.8 Å². The van der Waals surface area contributed by atoms with Crippen molar-refractivity contribution in [3.63, 3.8) is 0 Å². The van der Waals surface area contributed by atoms with Crippen LogP contribution in [0.15, 0.2) is 30.3 Å². The molecule has 2 rings (SSSR count). The van der Waals surface area contributed by atoms with Crippen LogP contribution in [0.25, 0.3) is 0 Å². The van der Waals surface area contributed by atoms with Crippen LogP contribution in [0, 0.1) is 0 Å². The summed E-state index contributed by atoms with van der Waals surface area (Å²) in [5.41, 5.74) is 1.42. The van der Waals surface area contributed by atoms with Crippen molar-refractivity contribution in [3.8, 4) is 11.5 Å². The van der Waals surface area contributed by atoms with E-state index < -0.39 is 0 Å². The minimum atomic E-state index is -0.248. The summed E-state index contributed by atoms with van der Waals surface area (Å²) < 4.78 is 11.1. The third-order valence-electron chi connectivity index (χ3n) is 3.33. The Kier molecular flexibility index (Phi) is 7.34. The molecular formula is C18H20Cl2N2O3. The predicted octanol–water partition coefficient (Wildman–Crippen LogP) is 4.16. The van der Waals surface area contributed by atoms with Crippen LogP contribution in [-0.4, -0.2) is 30.6 Å². The molecule has 1 amide bonds. The summed E-state index contributed by atoms with van der Waals surface area (Å²) in [5.74, 6) is 1.18. The largest absolute Gasteiger partial charge is 0.490 e. The first-order valence-electron chi connectivity index (χ1n) is 8.03. The summed E-state index contributed by atoms with van der Waals surface area (Å²) in [6.45, 7) is 5.46. The molecule has 0 unspecified atom stereocenters. The van der Waals surface area contributed by atoms with Gasteiger partial charge in [-0.3, -0.25) is 4.79 Å². The molecule has 134 valence electrons. The van der Waals surface area contributed by atoms with Crippen LogP contribution in [0.1, 0.15) is 29.8 Å². The molecule has 2 aromatic rings. The van der Waals surface area contributed by atoms with Crippen LogP contribution >= 0.6 is 23.2 Å². The maximum Gasteiger partial charge on any atom is 0.251 e. The number of amides is 1.